The maximum Gasteiger partial charge on any atom is 0.241 e. The van der Waals surface area contributed by atoms with Crippen molar-refractivity contribution >= 4 is 26.7 Å². The fourth-order valence-corrected chi connectivity index (χ4v) is 6.59. The smallest absolute Gasteiger partial charge is 0.241 e. The second kappa shape index (κ2) is 10.3. The molecule has 0 spiro atoms. The fourth-order valence-electron chi connectivity index (χ4n) is 4.39. The second-order valence-electron chi connectivity index (χ2n) is 8.61. The molecule has 3 aromatic rings. The van der Waals surface area contributed by atoms with Crippen LogP contribution in [0.5, 0.6) is 0 Å². The van der Waals surface area contributed by atoms with Crippen molar-refractivity contribution in [2.45, 2.75) is 32.1 Å². The normalized spacial score (nSPS) is 15.2. The number of hydrogen-bond acceptors (Lipinski definition) is 7. The SMILES string of the molecule is Cc1cc(C)c(S(=O)(=O)NCCN2CCN(c3nc(Cc4ccccc4)ns3)CC2)c(C)c1. The summed E-state index contributed by atoms with van der Waals surface area (Å²) in [5.74, 6) is 0.861. The maximum atomic E-state index is 12.8. The van der Waals surface area contributed by atoms with E-state index in [9.17, 15) is 8.42 Å². The molecule has 0 amide bonds. The molecule has 1 aromatic heterocycles. The molecule has 1 N–H and O–H groups in total. The predicted molar refractivity (Wildman–Crippen MR) is 134 cm³/mol. The first-order valence-electron chi connectivity index (χ1n) is 11.2. The van der Waals surface area contributed by atoms with Crippen LogP contribution >= 0.6 is 11.5 Å². The van der Waals surface area contributed by atoms with Gasteiger partial charge in [0.2, 0.25) is 15.2 Å². The van der Waals surface area contributed by atoms with Gasteiger partial charge in [0.25, 0.3) is 0 Å². The summed E-state index contributed by atoms with van der Waals surface area (Å²) in [6, 6.07) is 14.1. The zero-order valence-corrected chi connectivity index (χ0v) is 21.0. The Bertz CT molecular complexity index is 1160. The van der Waals surface area contributed by atoms with Gasteiger partial charge in [0.15, 0.2) is 0 Å². The molecule has 33 heavy (non-hydrogen) atoms. The third-order valence-corrected chi connectivity index (χ3v) is 8.48. The van der Waals surface area contributed by atoms with Crippen LogP contribution in [0.15, 0.2) is 47.4 Å². The van der Waals surface area contributed by atoms with Crippen molar-refractivity contribution in [3.63, 3.8) is 0 Å². The highest BCUT2D eigenvalue weighted by Crippen LogP contribution is 2.22. The molecule has 1 aliphatic heterocycles. The van der Waals surface area contributed by atoms with E-state index in [-0.39, 0.29) is 0 Å². The van der Waals surface area contributed by atoms with Gasteiger partial charge < -0.3 is 4.90 Å². The van der Waals surface area contributed by atoms with Crippen LogP contribution in [0.1, 0.15) is 28.1 Å². The summed E-state index contributed by atoms with van der Waals surface area (Å²) in [6.07, 6.45) is 0.747. The van der Waals surface area contributed by atoms with Crippen molar-refractivity contribution in [3.8, 4) is 0 Å². The van der Waals surface area contributed by atoms with Gasteiger partial charge in [-0.15, -0.1) is 0 Å². The van der Waals surface area contributed by atoms with E-state index in [0.717, 1.165) is 60.2 Å². The van der Waals surface area contributed by atoms with Crippen molar-refractivity contribution in [1.82, 2.24) is 19.0 Å². The predicted octanol–water partition coefficient (Wildman–Crippen LogP) is 3.15. The van der Waals surface area contributed by atoms with Crippen LogP contribution in [0.3, 0.4) is 0 Å². The number of hydrogen-bond donors (Lipinski definition) is 1. The van der Waals surface area contributed by atoms with Crippen LogP contribution in [0.25, 0.3) is 0 Å². The summed E-state index contributed by atoms with van der Waals surface area (Å²) < 4.78 is 33.0. The summed E-state index contributed by atoms with van der Waals surface area (Å²) in [4.78, 5) is 9.69. The highest BCUT2D eigenvalue weighted by atomic mass is 32.2. The lowest BCUT2D eigenvalue weighted by Crippen LogP contribution is -2.48. The molecule has 0 radical (unpaired) electrons. The van der Waals surface area contributed by atoms with E-state index >= 15 is 0 Å². The Hall–Kier alpha value is -2.33. The van der Waals surface area contributed by atoms with Gasteiger partial charge in [-0.3, -0.25) is 4.90 Å². The van der Waals surface area contributed by atoms with Gasteiger partial charge in [-0.2, -0.15) is 4.37 Å². The summed E-state index contributed by atoms with van der Waals surface area (Å²) in [7, 11) is -3.52. The third kappa shape index (κ3) is 5.97. The average molecular weight is 486 g/mol. The van der Waals surface area contributed by atoms with Crippen molar-refractivity contribution in [3.05, 3.63) is 70.5 Å². The molecule has 0 bridgehead atoms. The number of anilines is 1. The molecule has 2 heterocycles. The molecular weight excluding hydrogens is 454 g/mol. The second-order valence-corrected chi connectivity index (χ2v) is 11.0. The van der Waals surface area contributed by atoms with Crippen LogP contribution in [-0.2, 0) is 16.4 Å². The lowest BCUT2D eigenvalue weighted by atomic mass is 10.1. The van der Waals surface area contributed by atoms with E-state index in [2.05, 4.69) is 31.0 Å². The summed E-state index contributed by atoms with van der Waals surface area (Å²) in [5.41, 5.74) is 3.86. The monoisotopic (exact) mass is 485 g/mol. The first kappa shape index (κ1) is 23.8. The standard InChI is InChI=1S/C24H31N5O2S2/c1-18-15-19(2)23(20(3)16-18)33(30,31)25-9-10-28-11-13-29(14-12-28)24-26-22(27-32-24)17-21-7-5-4-6-8-21/h4-8,15-16,25H,9-14,17H2,1-3H3. The highest BCUT2D eigenvalue weighted by Gasteiger charge is 2.22. The maximum absolute atomic E-state index is 12.8. The molecule has 1 aliphatic rings. The molecule has 9 heteroatoms. The van der Waals surface area contributed by atoms with E-state index in [1.165, 1.54) is 17.1 Å². The number of nitrogens with one attached hydrogen (secondary N) is 1. The number of nitrogens with zero attached hydrogens (tertiary/aromatic N) is 4. The molecule has 1 fully saturated rings. The molecule has 176 valence electrons. The van der Waals surface area contributed by atoms with Gasteiger partial charge in [-0.25, -0.2) is 18.1 Å². The minimum atomic E-state index is -3.52. The van der Waals surface area contributed by atoms with Gasteiger partial charge in [-0.05, 0) is 37.5 Å². The van der Waals surface area contributed by atoms with Gasteiger partial charge in [-0.1, -0.05) is 48.0 Å². The van der Waals surface area contributed by atoms with E-state index in [4.69, 9.17) is 4.98 Å². The number of piperazine rings is 1. The highest BCUT2D eigenvalue weighted by molar-refractivity contribution is 7.89. The first-order chi connectivity index (χ1) is 15.8. The number of aryl methyl sites for hydroxylation is 3. The van der Waals surface area contributed by atoms with Crippen LogP contribution in [0, 0.1) is 20.8 Å². The van der Waals surface area contributed by atoms with Crippen molar-refractivity contribution in [2.75, 3.05) is 44.2 Å². The van der Waals surface area contributed by atoms with E-state index in [1.807, 2.05) is 51.1 Å². The molecule has 2 aromatic carbocycles. The van der Waals surface area contributed by atoms with Gasteiger partial charge >= 0.3 is 0 Å². The molecular formula is C24H31N5O2S2. The number of sulfonamides is 1. The number of rotatable bonds is 8. The molecule has 1 saturated heterocycles. The van der Waals surface area contributed by atoms with Crippen molar-refractivity contribution < 1.29 is 8.42 Å². The van der Waals surface area contributed by atoms with E-state index in [0.29, 0.717) is 18.0 Å². The van der Waals surface area contributed by atoms with Gasteiger partial charge in [0.05, 0.1) is 4.90 Å². The van der Waals surface area contributed by atoms with Gasteiger partial charge in [0.1, 0.15) is 5.82 Å². The Balaban J connectivity index is 1.26. The Morgan fingerprint density at radius 3 is 2.33 bits per heavy atom. The van der Waals surface area contributed by atoms with E-state index < -0.39 is 10.0 Å². The summed E-state index contributed by atoms with van der Waals surface area (Å²) in [5, 5.41) is 0.964. The average Bonchev–Trinajstić information content (AvgIpc) is 3.22. The van der Waals surface area contributed by atoms with Crippen molar-refractivity contribution in [1.29, 1.82) is 0 Å². The third-order valence-electron chi connectivity index (χ3n) is 5.90. The van der Waals surface area contributed by atoms with Gasteiger partial charge in [0, 0.05) is 57.2 Å². The molecule has 0 aliphatic carbocycles. The molecule has 7 nitrogen and oxygen atoms in total. The Labute approximate surface area is 200 Å². The summed E-state index contributed by atoms with van der Waals surface area (Å²) >= 11 is 1.45. The topological polar surface area (TPSA) is 78.4 Å². The zero-order chi connectivity index (χ0) is 23.4. The van der Waals surface area contributed by atoms with Crippen LogP contribution in [0.2, 0.25) is 0 Å². The Morgan fingerprint density at radius 1 is 1.00 bits per heavy atom. The quantitative estimate of drug-likeness (QED) is 0.528. The summed E-state index contributed by atoms with van der Waals surface area (Å²) in [6.45, 7) is 10.2. The van der Waals surface area contributed by atoms with Crippen LogP contribution in [-0.4, -0.2) is 61.9 Å². The Kier molecular flexibility index (Phi) is 7.43. The minimum absolute atomic E-state index is 0.398. The number of benzene rings is 2. The largest absolute Gasteiger partial charge is 0.344 e. The fraction of sp³-hybridized carbons (Fsp3) is 0.417. The molecule has 0 atom stereocenters. The molecule has 0 saturated carbocycles. The lowest BCUT2D eigenvalue weighted by Gasteiger charge is -2.34. The molecule has 0 unspecified atom stereocenters. The van der Waals surface area contributed by atoms with Crippen LogP contribution < -0.4 is 9.62 Å². The first-order valence-corrected chi connectivity index (χ1v) is 13.5. The molecule has 4 rings (SSSR count). The lowest BCUT2D eigenvalue weighted by molar-refractivity contribution is 0.262. The Morgan fingerprint density at radius 2 is 1.67 bits per heavy atom. The number of aromatic nitrogens is 2. The van der Waals surface area contributed by atoms with Crippen molar-refractivity contribution in [2.24, 2.45) is 0 Å². The van der Waals surface area contributed by atoms with E-state index in [1.54, 1.807) is 0 Å². The zero-order valence-electron chi connectivity index (χ0n) is 19.4. The minimum Gasteiger partial charge on any atom is -0.344 e. The van der Waals surface area contributed by atoms with Crippen LogP contribution in [0.4, 0.5) is 5.13 Å².